The summed E-state index contributed by atoms with van der Waals surface area (Å²) in [6.45, 7) is 5.99. The summed E-state index contributed by atoms with van der Waals surface area (Å²) in [5.74, 6) is 0.782. The largest absolute Gasteiger partial charge is 0.388 e. The van der Waals surface area contributed by atoms with Crippen LogP contribution in [-0.4, -0.2) is 59.8 Å². The number of hydrogen-bond donors (Lipinski definition) is 2. The van der Waals surface area contributed by atoms with Gasteiger partial charge in [0.25, 0.3) is 0 Å². The van der Waals surface area contributed by atoms with E-state index in [0.717, 1.165) is 31.8 Å². The Morgan fingerprint density at radius 3 is 2.86 bits per heavy atom. The van der Waals surface area contributed by atoms with Crippen LogP contribution >= 0.6 is 11.8 Å². The van der Waals surface area contributed by atoms with Gasteiger partial charge in [-0.2, -0.15) is 11.8 Å². The molecule has 3 nitrogen and oxygen atoms in total. The Morgan fingerprint density at radius 1 is 1.38 bits per heavy atom. The van der Waals surface area contributed by atoms with Crippen LogP contribution in [0.1, 0.15) is 18.9 Å². The lowest BCUT2D eigenvalue weighted by Crippen LogP contribution is -2.45. The Morgan fingerprint density at radius 2 is 2.14 bits per heavy atom. The Balaban J connectivity index is 1.67. The molecule has 4 heteroatoms. The fourth-order valence-corrected chi connectivity index (χ4v) is 3.58. The molecule has 1 saturated heterocycles. The average molecular weight is 308 g/mol. The first-order valence-corrected chi connectivity index (χ1v) is 9.19. The topological polar surface area (TPSA) is 35.5 Å². The molecule has 2 atom stereocenters. The zero-order valence-electron chi connectivity index (χ0n) is 13.2. The van der Waals surface area contributed by atoms with Crippen LogP contribution in [0.5, 0.6) is 0 Å². The molecule has 0 aliphatic carbocycles. The van der Waals surface area contributed by atoms with Crippen molar-refractivity contribution in [2.75, 3.05) is 38.2 Å². The minimum atomic E-state index is -0.600. The fourth-order valence-electron chi connectivity index (χ4n) is 2.86. The maximum Gasteiger partial charge on any atom is 0.0833 e. The maximum absolute atomic E-state index is 10.2. The SMILES string of the molecule is CSCC(C)(O)CNC1CCN(CCc2ccccc2)C1. The molecule has 21 heavy (non-hydrogen) atoms. The number of likely N-dealkylation sites (tertiary alicyclic amines) is 1. The summed E-state index contributed by atoms with van der Waals surface area (Å²) in [6.07, 6.45) is 4.34. The molecular formula is C17H28N2OS. The van der Waals surface area contributed by atoms with Gasteiger partial charge in [0.1, 0.15) is 0 Å². The number of nitrogens with zero attached hydrogens (tertiary/aromatic N) is 1. The van der Waals surface area contributed by atoms with Gasteiger partial charge in [-0.3, -0.25) is 0 Å². The Labute approximate surface area is 133 Å². The smallest absolute Gasteiger partial charge is 0.0833 e. The van der Waals surface area contributed by atoms with E-state index in [0.29, 0.717) is 12.6 Å². The summed E-state index contributed by atoms with van der Waals surface area (Å²) in [6, 6.07) is 11.2. The van der Waals surface area contributed by atoms with Crippen LogP contribution in [0.4, 0.5) is 0 Å². The summed E-state index contributed by atoms with van der Waals surface area (Å²) in [4.78, 5) is 2.52. The molecule has 0 aromatic heterocycles. The lowest BCUT2D eigenvalue weighted by molar-refractivity contribution is 0.0816. The van der Waals surface area contributed by atoms with Crippen LogP contribution in [0.2, 0.25) is 0 Å². The van der Waals surface area contributed by atoms with Gasteiger partial charge in [-0.05, 0) is 38.1 Å². The first-order chi connectivity index (χ1) is 10.1. The second kappa shape index (κ2) is 8.18. The van der Waals surface area contributed by atoms with Gasteiger partial charge >= 0.3 is 0 Å². The normalized spacial score (nSPS) is 22.3. The zero-order chi connectivity index (χ0) is 15.1. The number of benzene rings is 1. The van der Waals surface area contributed by atoms with Crippen molar-refractivity contribution in [3.63, 3.8) is 0 Å². The first-order valence-electron chi connectivity index (χ1n) is 7.80. The highest BCUT2D eigenvalue weighted by Gasteiger charge is 2.25. The predicted octanol–water partition coefficient (Wildman–Crippen LogP) is 2.01. The van der Waals surface area contributed by atoms with Crippen LogP contribution in [0.3, 0.4) is 0 Å². The summed E-state index contributed by atoms with van der Waals surface area (Å²) in [5.41, 5.74) is 0.813. The van der Waals surface area contributed by atoms with Crippen molar-refractivity contribution >= 4 is 11.8 Å². The third-order valence-corrected chi connectivity index (χ3v) is 4.97. The third kappa shape index (κ3) is 5.99. The van der Waals surface area contributed by atoms with Gasteiger partial charge in [0.05, 0.1) is 5.60 Å². The quantitative estimate of drug-likeness (QED) is 0.770. The van der Waals surface area contributed by atoms with E-state index in [9.17, 15) is 5.11 Å². The van der Waals surface area contributed by atoms with Crippen LogP contribution in [0.25, 0.3) is 0 Å². The highest BCUT2D eigenvalue weighted by atomic mass is 32.2. The number of aliphatic hydroxyl groups is 1. The first kappa shape index (κ1) is 16.8. The highest BCUT2D eigenvalue weighted by Crippen LogP contribution is 2.13. The molecular weight excluding hydrogens is 280 g/mol. The minimum absolute atomic E-state index is 0.522. The summed E-state index contributed by atoms with van der Waals surface area (Å²) in [7, 11) is 0. The van der Waals surface area contributed by atoms with Crippen molar-refractivity contribution in [1.29, 1.82) is 0 Å². The monoisotopic (exact) mass is 308 g/mol. The lowest BCUT2D eigenvalue weighted by Gasteiger charge is -2.25. The summed E-state index contributed by atoms with van der Waals surface area (Å²) >= 11 is 1.70. The highest BCUT2D eigenvalue weighted by molar-refractivity contribution is 7.98. The molecule has 1 aromatic rings. The van der Waals surface area contributed by atoms with Crippen LogP contribution in [0, 0.1) is 0 Å². The van der Waals surface area contributed by atoms with E-state index < -0.39 is 5.60 Å². The molecule has 2 N–H and O–H groups in total. The number of thioether (sulfide) groups is 1. The van der Waals surface area contributed by atoms with Gasteiger partial charge in [-0.15, -0.1) is 0 Å². The molecule has 1 aliphatic rings. The molecule has 1 aliphatic heterocycles. The van der Waals surface area contributed by atoms with E-state index in [4.69, 9.17) is 0 Å². The lowest BCUT2D eigenvalue weighted by atomic mass is 10.1. The molecule has 1 heterocycles. The maximum atomic E-state index is 10.2. The van der Waals surface area contributed by atoms with E-state index in [1.165, 1.54) is 12.0 Å². The van der Waals surface area contributed by atoms with E-state index >= 15 is 0 Å². The van der Waals surface area contributed by atoms with E-state index in [1.807, 2.05) is 13.2 Å². The molecule has 0 saturated carbocycles. The van der Waals surface area contributed by atoms with Crippen molar-refractivity contribution in [2.45, 2.75) is 31.4 Å². The van der Waals surface area contributed by atoms with Crippen LogP contribution < -0.4 is 5.32 Å². The average Bonchev–Trinajstić information content (AvgIpc) is 2.92. The van der Waals surface area contributed by atoms with Gasteiger partial charge in [-0.1, -0.05) is 30.3 Å². The molecule has 2 unspecified atom stereocenters. The van der Waals surface area contributed by atoms with Crippen molar-refractivity contribution in [3.05, 3.63) is 35.9 Å². The summed E-state index contributed by atoms with van der Waals surface area (Å²) in [5, 5.41) is 13.7. The van der Waals surface area contributed by atoms with Gasteiger partial charge in [0.15, 0.2) is 0 Å². The zero-order valence-corrected chi connectivity index (χ0v) is 14.0. The van der Waals surface area contributed by atoms with Crippen molar-refractivity contribution in [1.82, 2.24) is 10.2 Å². The standard InChI is InChI=1S/C17H28N2OS/c1-17(20,14-21-2)13-18-16-9-11-19(12-16)10-8-15-6-4-3-5-7-15/h3-7,16,18,20H,8-14H2,1-2H3. The second-order valence-corrected chi connectivity index (χ2v) is 7.20. The molecule has 0 amide bonds. The fraction of sp³-hybridized carbons (Fsp3) is 0.647. The Bertz CT molecular complexity index is 411. The van der Waals surface area contributed by atoms with Gasteiger partial charge in [0, 0.05) is 31.4 Å². The van der Waals surface area contributed by atoms with Crippen molar-refractivity contribution < 1.29 is 5.11 Å². The molecule has 118 valence electrons. The summed E-state index contributed by atoms with van der Waals surface area (Å²) < 4.78 is 0. The molecule has 1 fully saturated rings. The molecule has 1 aromatic carbocycles. The van der Waals surface area contributed by atoms with Crippen LogP contribution in [-0.2, 0) is 6.42 Å². The van der Waals surface area contributed by atoms with Crippen LogP contribution in [0.15, 0.2) is 30.3 Å². The minimum Gasteiger partial charge on any atom is -0.388 e. The molecule has 2 rings (SSSR count). The Hall–Kier alpha value is -0.550. The third-order valence-electron chi connectivity index (χ3n) is 4.06. The number of nitrogens with one attached hydrogen (secondary N) is 1. The van der Waals surface area contributed by atoms with E-state index in [2.05, 4.69) is 40.5 Å². The molecule has 0 spiro atoms. The predicted molar refractivity (Wildman–Crippen MR) is 92.0 cm³/mol. The number of hydrogen-bond acceptors (Lipinski definition) is 4. The van der Waals surface area contributed by atoms with Crippen molar-refractivity contribution in [2.24, 2.45) is 0 Å². The van der Waals surface area contributed by atoms with E-state index in [1.54, 1.807) is 11.8 Å². The van der Waals surface area contributed by atoms with Gasteiger partial charge in [-0.25, -0.2) is 0 Å². The van der Waals surface area contributed by atoms with Gasteiger partial charge < -0.3 is 15.3 Å². The number of rotatable bonds is 8. The Kier molecular flexibility index (Phi) is 6.55. The second-order valence-electron chi connectivity index (χ2n) is 6.33. The molecule has 0 bridgehead atoms. The van der Waals surface area contributed by atoms with Crippen molar-refractivity contribution in [3.8, 4) is 0 Å². The van der Waals surface area contributed by atoms with Gasteiger partial charge in [0.2, 0.25) is 0 Å². The molecule has 0 radical (unpaired) electrons. The van der Waals surface area contributed by atoms with E-state index in [-0.39, 0.29) is 0 Å².